The molecule has 4 nitrogen and oxygen atoms in total. The molecule has 0 fully saturated rings. The van der Waals surface area contributed by atoms with E-state index >= 15 is 0 Å². The van der Waals surface area contributed by atoms with Crippen LogP contribution in [-0.4, -0.2) is 18.0 Å². The molecule has 7 heteroatoms. The van der Waals surface area contributed by atoms with Crippen molar-refractivity contribution in [2.45, 2.75) is 46.2 Å². The van der Waals surface area contributed by atoms with E-state index in [-0.39, 0.29) is 24.0 Å². The van der Waals surface area contributed by atoms with Gasteiger partial charge >= 0.3 is 0 Å². The van der Waals surface area contributed by atoms with Crippen molar-refractivity contribution in [3.8, 4) is 0 Å². The van der Waals surface area contributed by atoms with E-state index in [1.54, 1.807) is 18.4 Å². The molecule has 0 radical (unpaired) electrons. The second-order valence-electron chi connectivity index (χ2n) is 5.33. The Kier molecular flexibility index (Phi) is 9.08. The molecule has 0 unspecified atom stereocenters. The van der Waals surface area contributed by atoms with Gasteiger partial charge in [0.1, 0.15) is 0 Å². The molecule has 2 aromatic heterocycles. The van der Waals surface area contributed by atoms with Crippen molar-refractivity contribution < 1.29 is 0 Å². The number of rotatable bonds is 6. The van der Waals surface area contributed by atoms with Gasteiger partial charge in [0, 0.05) is 28.1 Å². The average Bonchev–Trinajstić information content (AvgIpc) is 3.16. The molecule has 2 N–H and O–H groups in total. The van der Waals surface area contributed by atoms with Gasteiger partial charge in [-0.2, -0.15) is 0 Å². The standard InChI is InChI=1S/C16H24N4S2.HI/c1-5-13-6-7-14(22-13)9-19-16(17-4)18-8-12-10-21-15(20-12)11(2)3;/h6-7,10-11H,5,8-9H2,1-4H3,(H2,17,18,19);1H. The number of thiazole rings is 1. The normalized spacial score (nSPS) is 11.4. The molecule has 0 atom stereocenters. The van der Waals surface area contributed by atoms with E-state index in [9.17, 15) is 0 Å². The van der Waals surface area contributed by atoms with E-state index in [0.29, 0.717) is 12.5 Å². The Labute approximate surface area is 163 Å². The van der Waals surface area contributed by atoms with Crippen LogP contribution in [0.1, 0.15) is 47.1 Å². The average molecular weight is 464 g/mol. The maximum atomic E-state index is 4.62. The summed E-state index contributed by atoms with van der Waals surface area (Å²) in [6.07, 6.45) is 1.10. The number of nitrogens with one attached hydrogen (secondary N) is 2. The lowest BCUT2D eigenvalue weighted by Gasteiger charge is -2.10. The predicted molar refractivity (Wildman–Crippen MR) is 112 cm³/mol. The monoisotopic (exact) mass is 464 g/mol. The number of thiophene rings is 1. The third kappa shape index (κ3) is 6.39. The molecule has 0 bridgehead atoms. The zero-order valence-electron chi connectivity index (χ0n) is 14.0. The van der Waals surface area contributed by atoms with Gasteiger partial charge in [0.25, 0.3) is 0 Å². The summed E-state index contributed by atoms with van der Waals surface area (Å²) >= 11 is 3.57. The van der Waals surface area contributed by atoms with Crippen molar-refractivity contribution in [1.82, 2.24) is 15.6 Å². The predicted octanol–water partition coefficient (Wildman–Crippen LogP) is 4.37. The molecule has 2 aromatic rings. The molecule has 23 heavy (non-hydrogen) atoms. The largest absolute Gasteiger partial charge is 0.352 e. The van der Waals surface area contributed by atoms with Crippen molar-refractivity contribution in [3.05, 3.63) is 38.0 Å². The van der Waals surface area contributed by atoms with E-state index in [4.69, 9.17) is 0 Å². The SMILES string of the molecule is CCc1ccc(CNC(=NC)NCc2csc(C(C)C)n2)s1.I. The molecular formula is C16H25IN4S2. The highest BCUT2D eigenvalue weighted by Crippen LogP contribution is 2.19. The van der Waals surface area contributed by atoms with E-state index in [0.717, 1.165) is 24.6 Å². The number of aromatic nitrogens is 1. The van der Waals surface area contributed by atoms with Gasteiger partial charge in [-0.15, -0.1) is 46.7 Å². The van der Waals surface area contributed by atoms with Crippen molar-refractivity contribution in [3.63, 3.8) is 0 Å². The molecule has 128 valence electrons. The van der Waals surface area contributed by atoms with E-state index in [2.05, 4.69) is 58.9 Å². The van der Waals surface area contributed by atoms with Crippen LogP contribution < -0.4 is 10.6 Å². The van der Waals surface area contributed by atoms with E-state index in [1.165, 1.54) is 14.8 Å². The van der Waals surface area contributed by atoms with Gasteiger partial charge in [-0.1, -0.05) is 20.8 Å². The maximum Gasteiger partial charge on any atom is 0.191 e. The Morgan fingerprint density at radius 1 is 1.22 bits per heavy atom. The molecule has 0 aliphatic rings. The zero-order chi connectivity index (χ0) is 15.9. The first-order valence-electron chi connectivity index (χ1n) is 7.58. The van der Waals surface area contributed by atoms with Crippen LogP contribution >= 0.6 is 46.7 Å². The second kappa shape index (κ2) is 10.2. The number of aliphatic imine (C=N–C) groups is 1. The Morgan fingerprint density at radius 2 is 1.91 bits per heavy atom. The molecule has 2 rings (SSSR count). The lowest BCUT2D eigenvalue weighted by Crippen LogP contribution is -2.36. The summed E-state index contributed by atoms with van der Waals surface area (Å²) in [6.45, 7) is 8.03. The molecule has 2 heterocycles. The summed E-state index contributed by atoms with van der Waals surface area (Å²) in [4.78, 5) is 11.6. The van der Waals surface area contributed by atoms with Crippen LogP contribution in [0.15, 0.2) is 22.5 Å². The highest BCUT2D eigenvalue weighted by molar-refractivity contribution is 14.0. The summed E-state index contributed by atoms with van der Waals surface area (Å²) < 4.78 is 0. The zero-order valence-corrected chi connectivity index (χ0v) is 18.0. The molecule has 0 spiro atoms. The van der Waals surface area contributed by atoms with Gasteiger partial charge in [-0.3, -0.25) is 4.99 Å². The lowest BCUT2D eigenvalue weighted by molar-refractivity contribution is 0.787. The van der Waals surface area contributed by atoms with Gasteiger partial charge in [-0.05, 0) is 18.6 Å². The minimum Gasteiger partial charge on any atom is -0.352 e. The van der Waals surface area contributed by atoms with Gasteiger partial charge in [-0.25, -0.2) is 4.98 Å². The fourth-order valence-electron chi connectivity index (χ4n) is 1.94. The Bertz CT molecular complexity index is 619. The topological polar surface area (TPSA) is 49.3 Å². The summed E-state index contributed by atoms with van der Waals surface area (Å²) in [5, 5.41) is 9.96. The van der Waals surface area contributed by atoms with Crippen LogP contribution in [0.25, 0.3) is 0 Å². The smallest absolute Gasteiger partial charge is 0.191 e. The third-order valence-corrected chi connectivity index (χ3v) is 5.64. The quantitative estimate of drug-likeness (QED) is 0.379. The van der Waals surface area contributed by atoms with Crippen molar-refractivity contribution in [1.29, 1.82) is 0 Å². The fraction of sp³-hybridized carbons (Fsp3) is 0.500. The van der Waals surface area contributed by atoms with Crippen LogP contribution in [0.2, 0.25) is 0 Å². The van der Waals surface area contributed by atoms with Gasteiger partial charge in [0.15, 0.2) is 5.96 Å². The highest BCUT2D eigenvalue weighted by atomic mass is 127. The minimum atomic E-state index is 0. The fourth-order valence-corrected chi connectivity index (χ4v) is 3.67. The van der Waals surface area contributed by atoms with Gasteiger partial charge in [0.2, 0.25) is 0 Å². The highest BCUT2D eigenvalue weighted by Gasteiger charge is 2.06. The first-order valence-corrected chi connectivity index (χ1v) is 9.28. The van der Waals surface area contributed by atoms with Crippen LogP contribution in [0.4, 0.5) is 0 Å². The van der Waals surface area contributed by atoms with Gasteiger partial charge in [0.05, 0.1) is 23.8 Å². The Hall–Kier alpha value is -0.670. The number of hydrogen-bond donors (Lipinski definition) is 2. The Balaban J connectivity index is 0.00000264. The van der Waals surface area contributed by atoms with Crippen LogP contribution in [0, 0.1) is 0 Å². The number of aryl methyl sites for hydroxylation is 1. The van der Waals surface area contributed by atoms with Gasteiger partial charge < -0.3 is 10.6 Å². The molecule has 0 saturated heterocycles. The number of guanidine groups is 1. The minimum absolute atomic E-state index is 0. The van der Waals surface area contributed by atoms with Crippen molar-refractivity contribution >= 4 is 52.6 Å². The number of hydrogen-bond acceptors (Lipinski definition) is 4. The summed E-state index contributed by atoms with van der Waals surface area (Å²) in [6, 6.07) is 4.37. The maximum absolute atomic E-state index is 4.62. The lowest BCUT2D eigenvalue weighted by atomic mass is 10.2. The van der Waals surface area contributed by atoms with E-state index < -0.39 is 0 Å². The first-order chi connectivity index (χ1) is 10.6. The van der Waals surface area contributed by atoms with Crippen LogP contribution in [0.5, 0.6) is 0 Å². The molecular weight excluding hydrogens is 439 g/mol. The van der Waals surface area contributed by atoms with Crippen molar-refractivity contribution in [2.24, 2.45) is 4.99 Å². The second-order valence-corrected chi connectivity index (χ2v) is 7.48. The molecule has 0 aliphatic carbocycles. The molecule has 0 aliphatic heterocycles. The van der Waals surface area contributed by atoms with Crippen LogP contribution in [0.3, 0.4) is 0 Å². The number of nitrogens with zero attached hydrogens (tertiary/aromatic N) is 2. The van der Waals surface area contributed by atoms with Crippen molar-refractivity contribution in [2.75, 3.05) is 7.05 Å². The molecule has 0 aromatic carbocycles. The Morgan fingerprint density at radius 3 is 2.48 bits per heavy atom. The molecule has 0 saturated carbocycles. The van der Waals surface area contributed by atoms with E-state index in [1.807, 2.05) is 11.3 Å². The first kappa shape index (κ1) is 20.4. The third-order valence-electron chi connectivity index (χ3n) is 3.22. The summed E-state index contributed by atoms with van der Waals surface area (Å²) in [5.41, 5.74) is 1.07. The summed E-state index contributed by atoms with van der Waals surface area (Å²) in [7, 11) is 1.79. The number of halogens is 1. The molecule has 0 amide bonds. The van der Waals surface area contributed by atoms with Crippen LogP contribution in [-0.2, 0) is 19.5 Å². The summed E-state index contributed by atoms with van der Waals surface area (Å²) in [5.74, 6) is 1.30.